The van der Waals surface area contributed by atoms with Crippen molar-refractivity contribution in [1.29, 1.82) is 0 Å². The smallest absolute Gasteiger partial charge is 0.0362 e. The van der Waals surface area contributed by atoms with E-state index in [4.69, 9.17) is 0 Å². The quantitative estimate of drug-likeness (QED) is 0.271. The van der Waals surface area contributed by atoms with Gasteiger partial charge in [0.15, 0.2) is 0 Å². The number of hydrogen-bond acceptors (Lipinski definition) is 1. The van der Waals surface area contributed by atoms with Gasteiger partial charge in [0.2, 0.25) is 0 Å². The number of hydrogen-bond donors (Lipinski definition) is 0. The summed E-state index contributed by atoms with van der Waals surface area (Å²) >= 11 is 1.89. The highest BCUT2D eigenvalue weighted by molar-refractivity contribution is 7.26. The molecular formula is C27H18S. The second-order valence-electron chi connectivity index (χ2n) is 7.50. The van der Waals surface area contributed by atoms with Crippen molar-refractivity contribution in [3.63, 3.8) is 0 Å². The molecule has 0 amide bonds. The molecule has 6 aromatic rings. The first-order valence-electron chi connectivity index (χ1n) is 9.62. The molecule has 0 saturated carbocycles. The van der Waals surface area contributed by atoms with Gasteiger partial charge >= 0.3 is 0 Å². The lowest BCUT2D eigenvalue weighted by molar-refractivity contribution is 1.47. The minimum Gasteiger partial charge on any atom is -0.135 e. The van der Waals surface area contributed by atoms with Crippen molar-refractivity contribution in [2.75, 3.05) is 0 Å². The Morgan fingerprint density at radius 2 is 1.18 bits per heavy atom. The van der Waals surface area contributed by atoms with Gasteiger partial charge in [-0.1, -0.05) is 78.4 Å². The third kappa shape index (κ3) is 2.30. The van der Waals surface area contributed by atoms with Gasteiger partial charge in [-0.15, -0.1) is 11.3 Å². The molecule has 132 valence electrons. The van der Waals surface area contributed by atoms with Crippen molar-refractivity contribution in [3.05, 3.63) is 96.6 Å². The zero-order valence-electron chi connectivity index (χ0n) is 15.6. The van der Waals surface area contributed by atoms with Gasteiger partial charge < -0.3 is 0 Å². The normalized spacial score (nSPS) is 11.8. The molecule has 0 radical (unpaired) electrons. The monoisotopic (exact) mass is 374 g/mol. The molecule has 0 aliphatic carbocycles. The maximum absolute atomic E-state index is 2.33. The fourth-order valence-electron chi connectivity index (χ4n) is 4.29. The summed E-state index contributed by atoms with van der Waals surface area (Å²) in [6.07, 6.45) is 0. The van der Waals surface area contributed by atoms with Gasteiger partial charge in [-0.3, -0.25) is 0 Å². The van der Waals surface area contributed by atoms with E-state index in [0.29, 0.717) is 0 Å². The molecule has 0 spiro atoms. The molecule has 0 saturated heterocycles. The lowest BCUT2D eigenvalue weighted by Crippen LogP contribution is -1.81. The van der Waals surface area contributed by atoms with E-state index in [2.05, 4.69) is 97.9 Å². The van der Waals surface area contributed by atoms with Crippen LogP contribution >= 0.6 is 11.3 Å². The summed E-state index contributed by atoms with van der Waals surface area (Å²) < 4.78 is 2.73. The molecule has 1 aromatic heterocycles. The summed E-state index contributed by atoms with van der Waals surface area (Å²) in [5, 5.41) is 8.09. The fraction of sp³-hybridized carbons (Fsp3) is 0.0370. The van der Waals surface area contributed by atoms with E-state index < -0.39 is 0 Å². The Morgan fingerprint density at radius 1 is 0.536 bits per heavy atom. The number of thiophene rings is 1. The van der Waals surface area contributed by atoms with Crippen molar-refractivity contribution in [2.24, 2.45) is 0 Å². The number of fused-ring (bicyclic) bond motifs is 7. The van der Waals surface area contributed by atoms with Gasteiger partial charge in [0, 0.05) is 20.2 Å². The lowest BCUT2D eigenvalue weighted by Gasteiger charge is -2.07. The van der Waals surface area contributed by atoms with Crippen LogP contribution in [0.25, 0.3) is 52.8 Å². The van der Waals surface area contributed by atoms with Gasteiger partial charge in [0.25, 0.3) is 0 Å². The summed E-state index contributed by atoms with van der Waals surface area (Å²) in [5.41, 5.74) is 3.84. The Bertz CT molecular complexity index is 1500. The molecule has 5 aromatic carbocycles. The van der Waals surface area contributed by atoms with E-state index in [9.17, 15) is 0 Å². The molecule has 0 aliphatic heterocycles. The summed E-state index contributed by atoms with van der Waals surface area (Å²) in [6, 6.07) is 33.5. The second-order valence-corrected chi connectivity index (χ2v) is 8.59. The summed E-state index contributed by atoms with van der Waals surface area (Å²) in [5.74, 6) is 0. The second kappa shape index (κ2) is 5.92. The molecule has 6 rings (SSSR count). The van der Waals surface area contributed by atoms with E-state index in [-0.39, 0.29) is 0 Å². The fourth-order valence-corrected chi connectivity index (χ4v) is 5.43. The number of rotatable bonds is 1. The van der Waals surface area contributed by atoms with Gasteiger partial charge in [0.05, 0.1) is 0 Å². The van der Waals surface area contributed by atoms with Crippen molar-refractivity contribution in [3.8, 4) is 11.1 Å². The van der Waals surface area contributed by atoms with Crippen molar-refractivity contribution in [2.45, 2.75) is 6.92 Å². The van der Waals surface area contributed by atoms with Crippen molar-refractivity contribution in [1.82, 2.24) is 0 Å². The maximum Gasteiger partial charge on any atom is 0.0362 e. The van der Waals surface area contributed by atoms with E-state index in [1.165, 1.54) is 58.4 Å². The molecule has 28 heavy (non-hydrogen) atoms. The van der Waals surface area contributed by atoms with Crippen LogP contribution < -0.4 is 0 Å². The molecule has 0 N–H and O–H groups in total. The highest BCUT2D eigenvalue weighted by Gasteiger charge is 2.12. The van der Waals surface area contributed by atoms with Crippen LogP contribution in [0.1, 0.15) is 5.56 Å². The highest BCUT2D eigenvalue weighted by atomic mass is 32.1. The van der Waals surface area contributed by atoms with E-state index in [1.54, 1.807) is 0 Å². The molecule has 1 heterocycles. The first kappa shape index (κ1) is 15.9. The Hall–Kier alpha value is -3.16. The topological polar surface area (TPSA) is 0 Å². The standard InChI is InChI=1S/C27H18S/c1-17-6-8-18(9-7-17)20-10-13-23-21(16-20)12-15-25-27(23)26-22-5-3-2-4-19(22)11-14-24(26)28-25/h2-16H,1H3. The van der Waals surface area contributed by atoms with Crippen LogP contribution in [0.5, 0.6) is 0 Å². The van der Waals surface area contributed by atoms with Gasteiger partial charge in [-0.25, -0.2) is 0 Å². The minimum absolute atomic E-state index is 1.27. The number of aryl methyl sites for hydroxylation is 1. The maximum atomic E-state index is 2.33. The highest BCUT2D eigenvalue weighted by Crippen LogP contribution is 2.42. The third-order valence-corrected chi connectivity index (χ3v) is 6.85. The molecule has 0 unspecified atom stereocenters. The lowest BCUT2D eigenvalue weighted by atomic mass is 9.96. The van der Waals surface area contributed by atoms with Crippen LogP contribution in [0.3, 0.4) is 0 Å². The summed E-state index contributed by atoms with van der Waals surface area (Å²) in [7, 11) is 0. The average Bonchev–Trinajstić information content (AvgIpc) is 3.13. The predicted molar refractivity (Wildman–Crippen MR) is 125 cm³/mol. The molecule has 0 fully saturated rings. The largest absolute Gasteiger partial charge is 0.135 e. The molecule has 1 heteroatoms. The first-order valence-corrected chi connectivity index (χ1v) is 10.4. The van der Waals surface area contributed by atoms with Gasteiger partial charge in [0.1, 0.15) is 0 Å². The third-order valence-electron chi connectivity index (χ3n) is 5.73. The molecule has 0 nitrogen and oxygen atoms in total. The molecule has 0 bridgehead atoms. The van der Waals surface area contributed by atoms with Crippen molar-refractivity contribution < 1.29 is 0 Å². The molecular weight excluding hydrogens is 356 g/mol. The van der Waals surface area contributed by atoms with Crippen LogP contribution in [-0.2, 0) is 0 Å². The number of benzene rings is 5. The van der Waals surface area contributed by atoms with E-state index >= 15 is 0 Å². The molecule has 0 aliphatic rings. The van der Waals surface area contributed by atoms with Gasteiger partial charge in [-0.05, 0) is 57.8 Å². The van der Waals surface area contributed by atoms with Crippen LogP contribution in [0.15, 0.2) is 91.0 Å². The van der Waals surface area contributed by atoms with E-state index in [1.807, 2.05) is 11.3 Å². The van der Waals surface area contributed by atoms with E-state index in [0.717, 1.165) is 0 Å². The van der Waals surface area contributed by atoms with Crippen LogP contribution in [0, 0.1) is 6.92 Å². The Balaban J connectivity index is 1.70. The van der Waals surface area contributed by atoms with Crippen LogP contribution in [0.2, 0.25) is 0 Å². The predicted octanol–water partition coefficient (Wildman–Crippen LogP) is 8.34. The average molecular weight is 375 g/mol. The Morgan fingerprint density at radius 3 is 1.96 bits per heavy atom. The zero-order valence-corrected chi connectivity index (χ0v) is 16.4. The van der Waals surface area contributed by atoms with Crippen molar-refractivity contribution >= 4 is 53.1 Å². The Kier molecular flexibility index (Phi) is 3.35. The SMILES string of the molecule is Cc1ccc(-c2ccc3c(ccc4sc5ccc6ccccc6c5c43)c2)cc1. The van der Waals surface area contributed by atoms with Crippen LogP contribution in [-0.4, -0.2) is 0 Å². The van der Waals surface area contributed by atoms with Crippen LogP contribution in [0.4, 0.5) is 0 Å². The summed E-state index contributed by atoms with van der Waals surface area (Å²) in [4.78, 5) is 0. The molecule has 0 atom stereocenters. The minimum atomic E-state index is 1.27. The van der Waals surface area contributed by atoms with Gasteiger partial charge in [-0.2, -0.15) is 0 Å². The summed E-state index contributed by atoms with van der Waals surface area (Å²) in [6.45, 7) is 2.13. The Labute approximate surface area is 167 Å². The first-order chi connectivity index (χ1) is 13.8. The zero-order chi connectivity index (χ0) is 18.7.